The lowest BCUT2D eigenvalue weighted by Crippen LogP contribution is -2.49. The lowest BCUT2D eigenvalue weighted by molar-refractivity contribution is -0.124. The maximum Gasteiger partial charge on any atom is 0.245 e. The lowest BCUT2D eigenvalue weighted by atomic mass is 10.2. The van der Waals surface area contributed by atoms with Crippen molar-refractivity contribution in [3.63, 3.8) is 0 Å². The van der Waals surface area contributed by atoms with E-state index in [0.717, 1.165) is 6.20 Å². The van der Waals surface area contributed by atoms with Gasteiger partial charge in [-0.1, -0.05) is 23.4 Å². The van der Waals surface area contributed by atoms with Crippen LogP contribution in [0.15, 0.2) is 53.4 Å². The summed E-state index contributed by atoms with van der Waals surface area (Å²) in [7, 11) is 0. The van der Waals surface area contributed by atoms with Gasteiger partial charge in [0.1, 0.15) is 29.5 Å². The highest BCUT2D eigenvalue weighted by Crippen LogP contribution is 2.26. The molecule has 14 heteroatoms. The van der Waals surface area contributed by atoms with E-state index in [1.807, 2.05) is 0 Å². The van der Waals surface area contributed by atoms with Crippen LogP contribution in [0.2, 0.25) is 0 Å². The van der Waals surface area contributed by atoms with Gasteiger partial charge in [0, 0.05) is 11.6 Å². The smallest absolute Gasteiger partial charge is 0.245 e. The quantitative estimate of drug-likeness (QED) is 0.190. The van der Waals surface area contributed by atoms with Gasteiger partial charge in [-0.25, -0.2) is 18.7 Å². The number of benzene rings is 1. The highest BCUT2D eigenvalue weighted by molar-refractivity contribution is 5.84. The lowest BCUT2D eigenvalue weighted by Gasteiger charge is -2.20. The first-order valence-electron chi connectivity index (χ1n) is 11.1. The van der Waals surface area contributed by atoms with Gasteiger partial charge in [-0.05, 0) is 12.1 Å². The molecule has 3 heterocycles. The monoisotopic (exact) mass is 515 g/mol. The minimum absolute atomic E-state index is 0.0263. The summed E-state index contributed by atoms with van der Waals surface area (Å²) in [6.45, 7) is -1.75. The predicted molar refractivity (Wildman–Crippen MR) is 125 cm³/mol. The number of hydrogen-bond acceptors (Lipinski definition) is 10. The van der Waals surface area contributed by atoms with E-state index >= 15 is 0 Å². The molecule has 0 radical (unpaired) electrons. The largest absolute Gasteiger partial charge is 0.394 e. The molecule has 0 saturated heterocycles. The van der Waals surface area contributed by atoms with E-state index in [9.17, 15) is 18.7 Å². The van der Waals surface area contributed by atoms with Crippen molar-refractivity contribution in [2.24, 2.45) is 0 Å². The van der Waals surface area contributed by atoms with E-state index in [0.29, 0.717) is 17.0 Å². The molecule has 0 unspecified atom stereocenters. The Kier molecular flexibility index (Phi) is 8.12. The second-order valence-corrected chi connectivity index (χ2v) is 7.89. The minimum atomic E-state index is -1.35. The Labute approximate surface area is 208 Å². The van der Waals surface area contributed by atoms with Crippen molar-refractivity contribution >= 4 is 11.7 Å². The van der Waals surface area contributed by atoms with Gasteiger partial charge in [0.2, 0.25) is 5.91 Å². The van der Waals surface area contributed by atoms with Crippen LogP contribution in [0.25, 0.3) is 22.9 Å². The first kappa shape index (κ1) is 25.8. The zero-order chi connectivity index (χ0) is 26.4. The third-order valence-electron chi connectivity index (χ3n) is 5.33. The molecule has 0 spiro atoms. The van der Waals surface area contributed by atoms with E-state index in [1.165, 1.54) is 17.0 Å². The van der Waals surface area contributed by atoms with Crippen molar-refractivity contribution in [2.75, 3.05) is 25.1 Å². The zero-order valence-electron chi connectivity index (χ0n) is 19.3. The van der Waals surface area contributed by atoms with Crippen LogP contribution < -0.4 is 10.6 Å². The normalized spacial score (nSPS) is 12.1. The van der Waals surface area contributed by atoms with Crippen LogP contribution in [0.3, 0.4) is 0 Å². The Morgan fingerprint density at radius 2 is 1.84 bits per heavy atom. The maximum atomic E-state index is 14.5. The molecule has 4 aromatic rings. The highest BCUT2D eigenvalue weighted by atomic mass is 19.1. The number of nitrogens with one attached hydrogen (secondary N) is 2. The second-order valence-electron chi connectivity index (χ2n) is 7.89. The fraction of sp³-hybridized carbons (Fsp3) is 0.261. The van der Waals surface area contributed by atoms with E-state index in [1.54, 1.807) is 30.3 Å². The van der Waals surface area contributed by atoms with E-state index in [-0.39, 0.29) is 18.1 Å². The third-order valence-corrected chi connectivity index (χ3v) is 5.33. The molecule has 37 heavy (non-hydrogen) atoms. The van der Waals surface area contributed by atoms with E-state index in [4.69, 9.17) is 14.7 Å². The van der Waals surface area contributed by atoms with Crippen LogP contribution in [0.4, 0.5) is 14.6 Å². The van der Waals surface area contributed by atoms with Crippen molar-refractivity contribution in [2.45, 2.75) is 18.6 Å². The number of hydrogen-bond donors (Lipinski definition) is 5. The fourth-order valence-electron chi connectivity index (χ4n) is 3.39. The molecule has 0 saturated carbocycles. The molecular weight excluding hydrogens is 492 g/mol. The predicted octanol–water partition coefficient (Wildman–Crippen LogP) is 0.564. The number of amides is 1. The maximum absolute atomic E-state index is 14.5. The van der Waals surface area contributed by atoms with Gasteiger partial charge < -0.3 is 30.5 Å². The molecule has 3 aromatic heterocycles. The summed E-state index contributed by atoms with van der Waals surface area (Å²) in [6, 6.07) is 7.06. The van der Waals surface area contributed by atoms with Gasteiger partial charge in [-0.15, -0.1) is 0 Å². The first-order valence-corrected chi connectivity index (χ1v) is 11.1. The standard InChI is InChI=1S/C23H23F2N7O5/c24-15-4-2-1-3-13(15)9-32-20(17-5-6-37-31-17)7-18(30-32)22-26-8-16(25)21(29-22)28-19(12-35)23(36)27-14(10-33)11-34/h1-8,14,19,33-35H,9-12H2,(H,27,36)(H,26,28,29)/t19-/m1/s1. The zero-order valence-corrected chi connectivity index (χ0v) is 19.3. The van der Waals surface area contributed by atoms with Crippen molar-refractivity contribution in [1.82, 2.24) is 30.2 Å². The topological polar surface area (TPSA) is 171 Å². The number of carbonyl (C=O) groups is 1. The highest BCUT2D eigenvalue weighted by Gasteiger charge is 2.23. The second kappa shape index (κ2) is 11.6. The van der Waals surface area contributed by atoms with Crippen LogP contribution in [0.5, 0.6) is 0 Å². The molecule has 5 N–H and O–H groups in total. The molecular formula is C23H23F2N7O5. The molecule has 0 aliphatic heterocycles. The number of aliphatic hydroxyl groups is 3. The van der Waals surface area contributed by atoms with Crippen LogP contribution in [-0.4, -0.2) is 78.0 Å². The van der Waals surface area contributed by atoms with Crippen molar-refractivity contribution < 1.29 is 33.4 Å². The minimum Gasteiger partial charge on any atom is -0.394 e. The average Bonchev–Trinajstić information content (AvgIpc) is 3.58. The molecule has 0 aliphatic carbocycles. The van der Waals surface area contributed by atoms with Gasteiger partial charge in [-0.2, -0.15) is 5.10 Å². The number of halogens is 2. The SMILES string of the molecule is O=C(NC(CO)CO)[C@@H](CO)Nc1nc(-c2cc(-c3ccon3)n(Cc3ccccc3F)n2)ncc1F. The number of rotatable bonds is 11. The third kappa shape index (κ3) is 5.94. The Hall–Kier alpha value is -4.27. The number of nitrogens with zero attached hydrogens (tertiary/aromatic N) is 5. The van der Waals surface area contributed by atoms with E-state index < -0.39 is 55.3 Å². The molecule has 0 fully saturated rings. The number of aromatic nitrogens is 5. The van der Waals surface area contributed by atoms with Crippen LogP contribution in [-0.2, 0) is 11.3 Å². The summed E-state index contributed by atoms with van der Waals surface area (Å²) < 4.78 is 35.2. The molecule has 194 valence electrons. The van der Waals surface area contributed by atoms with Gasteiger partial charge in [0.15, 0.2) is 17.5 Å². The first-order chi connectivity index (χ1) is 17.9. The molecule has 1 atom stereocenters. The Balaban J connectivity index is 1.64. The van der Waals surface area contributed by atoms with Gasteiger partial charge in [0.05, 0.1) is 44.3 Å². The number of carbonyl (C=O) groups excluding carboxylic acids is 1. The number of aliphatic hydroxyl groups excluding tert-OH is 3. The van der Waals surface area contributed by atoms with Crippen LogP contribution in [0.1, 0.15) is 5.56 Å². The van der Waals surface area contributed by atoms with Crippen molar-refractivity contribution in [3.05, 3.63) is 66.1 Å². The fourth-order valence-corrected chi connectivity index (χ4v) is 3.39. The van der Waals surface area contributed by atoms with Crippen LogP contribution >= 0.6 is 0 Å². The molecule has 0 aliphatic rings. The molecule has 12 nitrogen and oxygen atoms in total. The number of anilines is 1. The summed E-state index contributed by atoms with van der Waals surface area (Å²) >= 11 is 0. The molecule has 1 aromatic carbocycles. The molecule has 4 rings (SSSR count). The molecule has 0 bridgehead atoms. The Morgan fingerprint density at radius 3 is 2.51 bits per heavy atom. The summed E-state index contributed by atoms with van der Waals surface area (Å²) in [5, 5.41) is 41.1. The average molecular weight is 515 g/mol. The van der Waals surface area contributed by atoms with Gasteiger partial charge in [-0.3, -0.25) is 9.48 Å². The summed E-state index contributed by atoms with van der Waals surface area (Å²) in [5.41, 5.74) is 1.43. The van der Waals surface area contributed by atoms with Crippen LogP contribution in [0, 0.1) is 11.6 Å². The van der Waals surface area contributed by atoms with Crippen molar-refractivity contribution in [3.8, 4) is 22.9 Å². The van der Waals surface area contributed by atoms with Gasteiger partial charge in [0.25, 0.3) is 0 Å². The summed E-state index contributed by atoms with van der Waals surface area (Å²) in [4.78, 5) is 20.5. The Bertz CT molecular complexity index is 1350. The van der Waals surface area contributed by atoms with Crippen molar-refractivity contribution in [1.29, 1.82) is 0 Å². The molecule has 1 amide bonds. The Morgan fingerprint density at radius 1 is 1.05 bits per heavy atom. The summed E-state index contributed by atoms with van der Waals surface area (Å²) in [6.07, 6.45) is 2.23. The van der Waals surface area contributed by atoms with Gasteiger partial charge >= 0.3 is 0 Å². The van der Waals surface area contributed by atoms with E-state index in [2.05, 4.69) is 30.9 Å². The summed E-state index contributed by atoms with van der Waals surface area (Å²) in [5.74, 6) is -2.54.